The van der Waals surface area contributed by atoms with E-state index >= 15 is 0 Å². The molecule has 2 aromatic carbocycles. The van der Waals surface area contributed by atoms with Crippen LogP contribution < -0.4 is 10.1 Å². The number of anilines is 1. The van der Waals surface area contributed by atoms with Gasteiger partial charge in [0.05, 0.1) is 29.4 Å². The minimum absolute atomic E-state index is 0.0852. The van der Waals surface area contributed by atoms with Crippen molar-refractivity contribution in [3.8, 4) is 5.75 Å². The van der Waals surface area contributed by atoms with Gasteiger partial charge in [-0.3, -0.25) is 14.6 Å². The molecule has 0 unspecified atom stereocenters. The van der Waals surface area contributed by atoms with Gasteiger partial charge in [0.25, 0.3) is 0 Å². The van der Waals surface area contributed by atoms with E-state index in [0.29, 0.717) is 22.3 Å². The highest BCUT2D eigenvalue weighted by Gasteiger charge is 2.20. The molecular weight excluding hydrogens is 397 g/mol. The third-order valence-electron chi connectivity index (χ3n) is 4.89. The molecule has 150 valence electrons. The molecule has 0 spiro atoms. The number of rotatable bonds is 6. The van der Waals surface area contributed by atoms with E-state index in [1.54, 1.807) is 25.3 Å². The van der Waals surface area contributed by atoms with E-state index in [-0.39, 0.29) is 5.91 Å². The second-order valence-corrected chi connectivity index (χ2v) is 7.80. The normalized spacial score (nSPS) is 15.4. The molecule has 0 radical (unpaired) electrons. The first-order valence-corrected chi connectivity index (χ1v) is 10.0. The third kappa shape index (κ3) is 5.39. The van der Waals surface area contributed by atoms with Crippen LogP contribution in [0.25, 0.3) is 0 Å². The van der Waals surface area contributed by atoms with Crippen molar-refractivity contribution in [2.75, 3.05) is 45.2 Å². The van der Waals surface area contributed by atoms with Crippen LogP contribution in [0.5, 0.6) is 5.75 Å². The van der Waals surface area contributed by atoms with E-state index < -0.39 is 0 Å². The molecule has 2 aromatic rings. The van der Waals surface area contributed by atoms with Gasteiger partial charge < -0.3 is 10.1 Å². The summed E-state index contributed by atoms with van der Waals surface area (Å²) in [5.41, 5.74) is 2.97. The fraction of sp³-hybridized carbons (Fsp3) is 0.381. The molecule has 3 rings (SSSR count). The standard InChI is InChI=1S/C21H25Cl2N3O2/c1-15-6-7-19(28-2)16(12-15)13-25-8-10-26(11-9-25)14-20(27)24-18-5-3-4-17(22)21(18)23/h3-7,12H,8-11,13-14H2,1-2H3,(H,24,27). The van der Waals surface area contributed by atoms with Crippen molar-refractivity contribution in [2.24, 2.45) is 0 Å². The monoisotopic (exact) mass is 421 g/mol. The molecule has 1 fully saturated rings. The lowest BCUT2D eigenvalue weighted by molar-refractivity contribution is -0.117. The Bertz CT molecular complexity index is 836. The Morgan fingerprint density at radius 3 is 2.54 bits per heavy atom. The van der Waals surface area contributed by atoms with Gasteiger partial charge in [0, 0.05) is 38.3 Å². The zero-order valence-electron chi connectivity index (χ0n) is 16.2. The number of hydrogen-bond donors (Lipinski definition) is 1. The number of benzene rings is 2. The fourth-order valence-corrected chi connectivity index (χ4v) is 3.72. The Hall–Kier alpha value is -1.79. The van der Waals surface area contributed by atoms with E-state index in [2.05, 4.69) is 34.2 Å². The zero-order valence-corrected chi connectivity index (χ0v) is 17.7. The molecule has 0 atom stereocenters. The Kier molecular flexibility index (Phi) is 7.18. The highest BCUT2D eigenvalue weighted by Crippen LogP contribution is 2.29. The topological polar surface area (TPSA) is 44.8 Å². The number of ether oxygens (including phenoxy) is 1. The predicted octanol–water partition coefficient (Wildman–Crippen LogP) is 4.07. The summed E-state index contributed by atoms with van der Waals surface area (Å²) >= 11 is 12.1. The molecule has 28 heavy (non-hydrogen) atoms. The van der Waals surface area contributed by atoms with Crippen molar-refractivity contribution in [1.29, 1.82) is 0 Å². The average molecular weight is 422 g/mol. The van der Waals surface area contributed by atoms with Crippen LogP contribution in [0.4, 0.5) is 5.69 Å². The Balaban J connectivity index is 1.49. The summed E-state index contributed by atoms with van der Waals surface area (Å²) in [6.07, 6.45) is 0. The molecule has 0 aromatic heterocycles. The van der Waals surface area contributed by atoms with Crippen molar-refractivity contribution < 1.29 is 9.53 Å². The maximum absolute atomic E-state index is 12.4. The fourth-order valence-electron chi connectivity index (χ4n) is 3.37. The summed E-state index contributed by atoms with van der Waals surface area (Å²) in [7, 11) is 1.71. The first-order chi connectivity index (χ1) is 13.5. The van der Waals surface area contributed by atoms with Crippen molar-refractivity contribution in [2.45, 2.75) is 13.5 Å². The van der Waals surface area contributed by atoms with Crippen LogP contribution in [0.2, 0.25) is 10.0 Å². The number of carbonyl (C=O) groups is 1. The number of nitrogens with zero attached hydrogens (tertiary/aromatic N) is 2. The number of aryl methyl sites for hydroxylation is 1. The van der Waals surface area contributed by atoms with Gasteiger partial charge in [-0.2, -0.15) is 0 Å². The van der Waals surface area contributed by atoms with Gasteiger partial charge in [-0.05, 0) is 25.1 Å². The Labute approximate surface area is 176 Å². The average Bonchev–Trinajstić information content (AvgIpc) is 2.67. The lowest BCUT2D eigenvalue weighted by Crippen LogP contribution is -2.48. The minimum atomic E-state index is -0.0852. The molecule has 1 saturated heterocycles. The first kappa shape index (κ1) is 20.9. The van der Waals surface area contributed by atoms with Crippen molar-refractivity contribution in [3.63, 3.8) is 0 Å². The van der Waals surface area contributed by atoms with Crippen molar-refractivity contribution >= 4 is 34.8 Å². The van der Waals surface area contributed by atoms with Crippen LogP contribution in [0, 0.1) is 6.92 Å². The van der Waals surface area contributed by atoms with Gasteiger partial charge in [0.1, 0.15) is 5.75 Å². The Morgan fingerprint density at radius 2 is 1.82 bits per heavy atom. The maximum atomic E-state index is 12.4. The number of amides is 1. The lowest BCUT2D eigenvalue weighted by atomic mass is 10.1. The number of piperazine rings is 1. The summed E-state index contributed by atoms with van der Waals surface area (Å²) in [5.74, 6) is 0.837. The molecule has 0 saturated carbocycles. The smallest absolute Gasteiger partial charge is 0.238 e. The van der Waals surface area contributed by atoms with Gasteiger partial charge in [-0.25, -0.2) is 0 Å². The zero-order chi connectivity index (χ0) is 20.1. The maximum Gasteiger partial charge on any atom is 0.238 e. The number of halogens is 2. The Morgan fingerprint density at radius 1 is 1.11 bits per heavy atom. The van der Waals surface area contributed by atoms with E-state index in [9.17, 15) is 4.79 Å². The van der Waals surface area contributed by atoms with Crippen LogP contribution in [-0.4, -0.2) is 55.5 Å². The van der Waals surface area contributed by atoms with Crippen molar-refractivity contribution in [3.05, 3.63) is 57.6 Å². The quantitative estimate of drug-likeness (QED) is 0.763. The number of nitrogens with one attached hydrogen (secondary N) is 1. The summed E-state index contributed by atoms with van der Waals surface area (Å²) in [6, 6.07) is 11.5. The third-order valence-corrected chi connectivity index (χ3v) is 5.71. The van der Waals surface area contributed by atoms with Gasteiger partial charge in [-0.15, -0.1) is 0 Å². The second-order valence-electron chi connectivity index (χ2n) is 7.02. The summed E-state index contributed by atoms with van der Waals surface area (Å²) < 4.78 is 5.48. The van der Waals surface area contributed by atoms with Gasteiger partial charge >= 0.3 is 0 Å². The minimum Gasteiger partial charge on any atom is -0.496 e. The molecule has 1 aliphatic rings. The largest absolute Gasteiger partial charge is 0.496 e. The molecule has 1 amide bonds. The summed E-state index contributed by atoms with van der Waals surface area (Å²) in [5, 5.41) is 3.64. The highest BCUT2D eigenvalue weighted by atomic mass is 35.5. The first-order valence-electron chi connectivity index (χ1n) is 9.28. The van der Waals surface area contributed by atoms with Gasteiger partial charge in [0.15, 0.2) is 0 Å². The molecule has 1 N–H and O–H groups in total. The van der Waals surface area contributed by atoms with Crippen LogP contribution in [0.15, 0.2) is 36.4 Å². The predicted molar refractivity (Wildman–Crippen MR) is 115 cm³/mol. The van der Waals surface area contributed by atoms with Crippen LogP contribution in [0.3, 0.4) is 0 Å². The highest BCUT2D eigenvalue weighted by molar-refractivity contribution is 6.44. The van der Waals surface area contributed by atoms with Gasteiger partial charge in [0.2, 0.25) is 5.91 Å². The SMILES string of the molecule is COc1ccc(C)cc1CN1CCN(CC(=O)Nc2cccc(Cl)c2Cl)CC1. The van der Waals surface area contributed by atoms with E-state index in [1.165, 1.54) is 11.1 Å². The van der Waals surface area contributed by atoms with E-state index in [1.807, 2.05) is 6.07 Å². The molecule has 7 heteroatoms. The number of methoxy groups -OCH3 is 1. The van der Waals surface area contributed by atoms with Crippen LogP contribution in [-0.2, 0) is 11.3 Å². The van der Waals surface area contributed by atoms with E-state index in [0.717, 1.165) is 38.5 Å². The van der Waals surface area contributed by atoms with E-state index in [4.69, 9.17) is 27.9 Å². The van der Waals surface area contributed by atoms with Gasteiger partial charge in [-0.1, -0.05) is 47.0 Å². The number of hydrogen-bond acceptors (Lipinski definition) is 4. The summed E-state index contributed by atoms with van der Waals surface area (Å²) in [6.45, 7) is 6.76. The molecule has 1 heterocycles. The molecular formula is C21H25Cl2N3O2. The molecule has 5 nitrogen and oxygen atoms in total. The molecule has 1 aliphatic heterocycles. The summed E-state index contributed by atoms with van der Waals surface area (Å²) in [4.78, 5) is 16.9. The van der Waals surface area contributed by atoms with Crippen molar-refractivity contribution in [1.82, 2.24) is 9.80 Å². The molecule has 0 bridgehead atoms. The number of carbonyl (C=O) groups excluding carboxylic acids is 1. The lowest BCUT2D eigenvalue weighted by Gasteiger charge is -2.34. The van der Waals surface area contributed by atoms with Crippen LogP contribution >= 0.6 is 23.2 Å². The molecule has 0 aliphatic carbocycles. The second kappa shape index (κ2) is 9.61. The van der Waals surface area contributed by atoms with Crippen LogP contribution in [0.1, 0.15) is 11.1 Å².